The average Bonchev–Trinajstić information content (AvgIpc) is 3.01. The zero-order chi connectivity index (χ0) is 17.7. The van der Waals surface area contributed by atoms with E-state index in [1.54, 1.807) is 0 Å². The van der Waals surface area contributed by atoms with Gasteiger partial charge < -0.3 is 0 Å². The van der Waals surface area contributed by atoms with Crippen LogP contribution >= 0.6 is 7.79 Å². The van der Waals surface area contributed by atoms with Gasteiger partial charge in [0.05, 0.1) is 0 Å². The second kappa shape index (κ2) is 7.99. The Morgan fingerprint density at radius 3 is 1.88 bits per heavy atom. The van der Waals surface area contributed by atoms with Crippen LogP contribution in [0.2, 0.25) is 0 Å². The number of nitrogens with zero attached hydrogens (tertiary/aromatic N) is 2. The average molecular weight is 358 g/mol. The standard InChI is InChI=1S/C20H27N2O2P/c1-2-9-20(14-17-23)25(24)21(18-10-5-3-6-11-18)15-16-22(25)19-12-7-4-8-13-19/h3-8,10-13,17,20,24-25H,2,9,14-16H2,1H3. The van der Waals surface area contributed by atoms with Gasteiger partial charge in [-0.25, -0.2) is 0 Å². The fourth-order valence-corrected chi connectivity index (χ4v) is 8.08. The molecule has 2 aromatic carbocycles. The molecule has 0 saturated carbocycles. The van der Waals surface area contributed by atoms with E-state index < -0.39 is 7.79 Å². The first-order chi connectivity index (χ1) is 12.2. The van der Waals surface area contributed by atoms with Gasteiger partial charge in [-0.15, -0.1) is 0 Å². The summed E-state index contributed by atoms with van der Waals surface area (Å²) >= 11 is 0. The second-order valence-corrected chi connectivity index (χ2v) is 9.82. The van der Waals surface area contributed by atoms with E-state index in [-0.39, 0.29) is 5.66 Å². The molecule has 0 bridgehead atoms. The van der Waals surface area contributed by atoms with E-state index in [0.29, 0.717) is 6.42 Å². The Morgan fingerprint density at radius 2 is 1.48 bits per heavy atom. The summed E-state index contributed by atoms with van der Waals surface area (Å²) in [6.07, 6.45) is 3.19. The van der Waals surface area contributed by atoms with Crippen molar-refractivity contribution < 1.29 is 9.69 Å². The minimum absolute atomic E-state index is 0.0158. The van der Waals surface area contributed by atoms with E-state index >= 15 is 0 Å². The van der Waals surface area contributed by atoms with Crippen LogP contribution in [0.3, 0.4) is 0 Å². The van der Waals surface area contributed by atoms with Gasteiger partial charge in [0.1, 0.15) is 0 Å². The molecule has 4 nitrogen and oxygen atoms in total. The monoisotopic (exact) mass is 358 g/mol. The molecular weight excluding hydrogens is 331 g/mol. The number of benzene rings is 2. The molecule has 1 aliphatic rings. The predicted molar refractivity (Wildman–Crippen MR) is 107 cm³/mol. The molecule has 1 fully saturated rings. The Kier molecular flexibility index (Phi) is 5.72. The summed E-state index contributed by atoms with van der Waals surface area (Å²) in [5.41, 5.74) is 2.07. The summed E-state index contributed by atoms with van der Waals surface area (Å²) in [7, 11) is -3.06. The molecule has 2 aromatic rings. The SMILES string of the molecule is CCCC(CC=O)[PH]1(O)N(c2ccccc2)CCN1c1ccccc1. The van der Waals surface area contributed by atoms with Gasteiger partial charge in [0.15, 0.2) is 0 Å². The summed E-state index contributed by atoms with van der Waals surface area (Å²) in [4.78, 5) is 23.4. The van der Waals surface area contributed by atoms with Gasteiger partial charge in [-0.1, -0.05) is 0 Å². The molecule has 5 heteroatoms. The number of hydrogen-bond acceptors (Lipinski definition) is 4. The van der Waals surface area contributed by atoms with Crippen molar-refractivity contribution in [3.8, 4) is 0 Å². The predicted octanol–water partition coefficient (Wildman–Crippen LogP) is 4.26. The second-order valence-electron chi connectivity index (χ2n) is 6.55. The Morgan fingerprint density at radius 1 is 1.00 bits per heavy atom. The van der Waals surface area contributed by atoms with Crippen LogP contribution in [0, 0.1) is 0 Å². The number of hydrogen-bond donors (Lipinski definition) is 1. The third-order valence-electron chi connectivity index (χ3n) is 5.04. The molecule has 1 N–H and O–H groups in total. The van der Waals surface area contributed by atoms with Crippen LogP contribution in [0.1, 0.15) is 26.2 Å². The number of anilines is 2. The van der Waals surface area contributed by atoms with Crippen molar-refractivity contribution in [2.45, 2.75) is 31.8 Å². The van der Waals surface area contributed by atoms with Crippen LogP contribution in [0.15, 0.2) is 60.7 Å². The molecule has 3 rings (SSSR count). The molecule has 1 saturated heterocycles. The first-order valence-electron chi connectivity index (χ1n) is 9.03. The summed E-state index contributed by atoms with van der Waals surface area (Å²) in [6.45, 7) is 3.67. The molecule has 0 aromatic heterocycles. The van der Waals surface area contributed by atoms with E-state index in [2.05, 4.69) is 40.5 Å². The van der Waals surface area contributed by atoms with Crippen molar-refractivity contribution in [2.24, 2.45) is 0 Å². The Bertz CT molecular complexity index is 633. The van der Waals surface area contributed by atoms with E-state index in [4.69, 9.17) is 0 Å². The van der Waals surface area contributed by atoms with Crippen LogP contribution in [0.4, 0.5) is 11.4 Å². The molecule has 1 aliphatic heterocycles. The van der Waals surface area contributed by atoms with Gasteiger partial charge >= 0.3 is 150 Å². The molecule has 1 atom stereocenters. The molecular formula is C20H27N2O2P. The Labute approximate surface area is 150 Å². The summed E-state index contributed by atoms with van der Waals surface area (Å²) < 4.78 is 4.37. The van der Waals surface area contributed by atoms with Gasteiger partial charge in [0.25, 0.3) is 0 Å². The van der Waals surface area contributed by atoms with Gasteiger partial charge in [-0.2, -0.15) is 0 Å². The fraction of sp³-hybridized carbons (Fsp3) is 0.350. The van der Waals surface area contributed by atoms with Crippen LogP contribution in [0.25, 0.3) is 0 Å². The van der Waals surface area contributed by atoms with E-state index in [1.807, 2.05) is 36.4 Å². The van der Waals surface area contributed by atoms with Crippen LogP contribution in [0.5, 0.6) is 0 Å². The zero-order valence-corrected chi connectivity index (χ0v) is 15.7. The molecule has 0 aliphatic carbocycles. The first-order valence-corrected chi connectivity index (χ1v) is 10.9. The third-order valence-corrected chi connectivity index (χ3v) is 9.22. The van der Waals surface area contributed by atoms with E-state index in [1.165, 1.54) is 0 Å². The normalized spacial score (nSPS) is 18.8. The van der Waals surface area contributed by atoms with Crippen LogP contribution < -0.4 is 9.34 Å². The topological polar surface area (TPSA) is 43.8 Å². The number of para-hydroxylation sites is 2. The van der Waals surface area contributed by atoms with Crippen molar-refractivity contribution in [1.29, 1.82) is 0 Å². The molecule has 0 radical (unpaired) electrons. The quantitative estimate of drug-likeness (QED) is 0.593. The van der Waals surface area contributed by atoms with Gasteiger partial charge in [0, 0.05) is 0 Å². The van der Waals surface area contributed by atoms with Gasteiger partial charge in [0.2, 0.25) is 0 Å². The van der Waals surface area contributed by atoms with Gasteiger partial charge in [-0.05, 0) is 0 Å². The molecule has 1 heterocycles. The van der Waals surface area contributed by atoms with Crippen molar-refractivity contribution >= 4 is 25.5 Å². The van der Waals surface area contributed by atoms with Crippen molar-refractivity contribution in [3.63, 3.8) is 0 Å². The van der Waals surface area contributed by atoms with E-state index in [0.717, 1.165) is 43.6 Å². The summed E-state index contributed by atoms with van der Waals surface area (Å²) in [5, 5.41) is 0. The molecule has 134 valence electrons. The number of carbonyl (C=O) groups is 1. The molecule has 0 amide bonds. The fourth-order valence-electron chi connectivity index (χ4n) is 3.90. The van der Waals surface area contributed by atoms with Crippen molar-refractivity contribution in [2.75, 3.05) is 22.4 Å². The Hall–Kier alpha value is -1.90. The zero-order valence-electron chi connectivity index (χ0n) is 14.7. The Balaban J connectivity index is 2.06. The van der Waals surface area contributed by atoms with Crippen LogP contribution in [-0.4, -0.2) is 29.9 Å². The van der Waals surface area contributed by atoms with Crippen molar-refractivity contribution in [1.82, 2.24) is 0 Å². The van der Waals surface area contributed by atoms with Crippen molar-refractivity contribution in [3.05, 3.63) is 60.7 Å². The molecule has 1 unspecified atom stereocenters. The number of aldehydes is 1. The minimum atomic E-state index is -3.06. The third kappa shape index (κ3) is 3.42. The maximum atomic E-state index is 12.1. The van der Waals surface area contributed by atoms with Crippen LogP contribution in [-0.2, 0) is 4.79 Å². The van der Waals surface area contributed by atoms with E-state index in [9.17, 15) is 9.69 Å². The van der Waals surface area contributed by atoms with Gasteiger partial charge in [-0.3, -0.25) is 0 Å². The number of carbonyl (C=O) groups excluding carboxylic acids is 1. The molecule has 0 spiro atoms. The maximum absolute atomic E-state index is 12.1. The number of rotatable bonds is 7. The summed E-state index contributed by atoms with van der Waals surface area (Å²) in [5.74, 6) is 0. The summed E-state index contributed by atoms with van der Waals surface area (Å²) in [6, 6.07) is 20.2. The first kappa shape index (κ1) is 17.9. The molecule has 25 heavy (non-hydrogen) atoms.